The van der Waals surface area contributed by atoms with Crippen LogP contribution in [0.15, 0.2) is 60.0 Å². The van der Waals surface area contributed by atoms with E-state index < -0.39 is 0 Å². The van der Waals surface area contributed by atoms with Crippen molar-refractivity contribution in [2.45, 2.75) is 6.92 Å². The fourth-order valence-electron chi connectivity index (χ4n) is 2.55. The first kappa shape index (κ1) is 14.7. The van der Waals surface area contributed by atoms with Gasteiger partial charge < -0.3 is 9.14 Å². The average molecular weight is 306 g/mol. The summed E-state index contributed by atoms with van der Waals surface area (Å²) < 4.78 is 7.08. The molecule has 0 radical (unpaired) electrons. The highest BCUT2D eigenvalue weighted by molar-refractivity contribution is 6.04. The monoisotopic (exact) mass is 306 g/mol. The van der Waals surface area contributed by atoms with Crippen LogP contribution in [-0.2, 0) is 4.74 Å². The molecule has 0 atom stereocenters. The van der Waals surface area contributed by atoms with Crippen molar-refractivity contribution in [3.63, 3.8) is 0 Å². The molecular weight excluding hydrogens is 292 g/mol. The van der Waals surface area contributed by atoms with Crippen LogP contribution < -0.4 is 0 Å². The first-order valence-electron chi connectivity index (χ1n) is 7.17. The standard InChI is InChI=1S/C17H14N4O2/c1-2-23-17(22)16-14(11-21-9-4-3-8-15(16)21)12-6-5-7-13(10-12)19-20-18/h3-11H,2H2,1H3. The first-order chi connectivity index (χ1) is 11.2. The fraction of sp³-hybridized carbons (Fsp3) is 0.118. The SMILES string of the molecule is CCOC(=O)c1c(-c2cccc(N=[N+]=[N-])c2)cn2ccccc12. The van der Waals surface area contributed by atoms with Crippen molar-refractivity contribution in [1.29, 1.82) is 0 Å². The van der Waals surface area contributed by atoms with Gasteiger partial charge in [0, 0.05) is 28.6 Å². The number of hydrogen-bond acceptors (Lipinski definition) is 3. The molecule has 23 heavy (non-hydrogen) atoms. The van der Waals surface area contributed by atoms with Crippen molar-refractivity contribution in [1.82, 2.24) is 4.40 Å². The highest BCUT2D eigenvalue weighted by Crippen LogP contribution is 2.31. The van der Waals surface area contributed by atoms with Gasteiger partial charge in [-0.3, -0.25) is 0 Å². The largest absolute Gasteiger partial charge is 0.462 e. The summed E-state index contributed by atoms with van der Waals surface area (Å²) in [6.45, 7) is 2.08. The number of carbonyl (C=O) groups is 1. The number of hydrogen-bond donors (Lipinski definition) is 0. The third kappa shape index (κ3) is 2.75. The number of pyridine rings is 1. The van der Waals surface area contributed by atoms with E-state index >= 15 is 0 Å². The predicted octanol–water partition coefficient (Wildman–Crippen LogP) is 4.72. The average Bonchev–Trinajstić information content (AvgIpc) is 2.95. The highest BCUT2D eigenvalue weighted by Gasteiger charge is 2.20. The van der Waals surface area contributed by atoms with Crippen LogP contribution in [0, 0.1) is 0 Å². The van der Waals surface area contributed by atoms with E-state index in [9.17, 15) is 4.79 Å². The van der Waals surface area contributed by atoms with Crippen molar-refractivity contribution < 1.29 is 9.53 Å². The summed E-state index contributed by atoms with van der Waals surface area (Å²) in [6, 6.07) is 12.7. The van der Waals surface area contributed by atoms with Crippen LogP contribution in [0.1, 0.15) is 17.3 Å². The Morgan fingerprint density at radius 1 is 1.30 bits per heavy atom. The Morgan fingerprint density at radius 3 is 2.96 bits per heavy atom. The molecule has 0 aliphatic rings. The minimum absolute atomic E-state index is 0.307. The van der Waals surface area contributed by atoms with E-state index in [-0.39, 0.29) is 5.97 Å². The van der Waals surface area contributed by atoms with Gasteiger partial charge in [-0.25, -0.2) is 4.79 Å². The molecule has 0 saturated heterocycles. The molecule has 0 aliphatic heterocycles. The molecule has 2 heterocycles. The summed E-state index contributed by atoms with van der Waals surface area (Å²) in [7, 11) is 0. The molecule has 0 spiro atoms. The zero-order valence-electron chi connectivity index (χ0n) is 12.5. The molecule has 0 amide bonds. The van der Waals surface area contributed by atoms with Crippen molar-refractivity contribution in [2.75, 3.05) is 6.61 Å². The number of rotatable bonds is 4. The number of ether oxygens (including phenoxy) is 1. The van der Waals surface area contributed by atoms with Gasteiger partial charge in [0.25, 0.3) is 0 Å². The third-order valence-corrected chi connectivity index (χ3v) is 3.48. The quantitative estimate of drug-likeness (QED) is 0.302. The molecule has 6 heteroatoms. The van der Waals surface area contributed by atoms with Gasteiger partial charge in [-0.1, -0.05) is 29.4 Å². The van der Waals surface area contributed by atoms with Crippen LogP contribution in [0.25, 0.3) is 27.1 Å². The van der Waals surface area contributed by atoms with E-state index in [0.29, 0.717) is 17.9 Å². The molecule has 6 nitrogen and oxygen atoms in total. The second-order valence-corrected chi connectivity index (χ2v) is 4.87. The summed E-state index contributed by atoms with van der Waals surface area (Å²) >= 11 is 0. The van der Waals surface area contributed by atoms with E-state index in [1.54, 1.807) is 25.1 Å². The van der Waals surface area contributed by atoms with Crippen molar-refractivity contribution in [3.8, 4) is 11.1 Å². The van der Waals surface area contributed by atoms with E-state index in [2.05, 4.69) is 10.0 Å². The maximum Gasteiger partial charge on any atom is 0.340 e. The molecular formula is C17H14N4O2. The van der Waals surface area contributed by atoms with E-state index in [4.69, 9.17) is 10.3 Å². The lowest BCUT2D eigenvalue weighted by molar-refractivity contribution is 0.0529. The van der Waals surface area contributed by atoms with Gasteiger partial charge in [0.2, 0.25) is 0 Å². The number of esters is 1. The van der Waals surface area contributed by atoms with E-state index in [1.165, 1.54) is 0 Å². The molecule has 0 bridgehead atoms. The van der Waals surface area contributed by atoms with Crippen LogP contribution in [-0.4, -0.2) is 17.0 Å². The molecule has 0 aliphatic carbocycles. The third-order valence-electron chi connectivity index (χ3n) is 3.48. The first-order valence-corrected chi connectivity index (χ1v) is 7.17. The van der Waals surface area contributed by atoms with Crippen LogP contribution in [0.2, 0.25) is 0 Å². The van der Waals surface area contributed by atoms with Gasteiger partial charge in [0.15, 0.2) is 0 Å². The molecule has 0 saturated carbocycles. The summed E-state index contributed by atoms with van der Waals surface area (Å²) in [6.07, 6.45) is 3.75. The van der Waals surface area contributed by atoms with Gasteiger partial charge in [-0.05, 0) is 36.2 Å². The normalized spacial score (nSPS) is 10.3. The van der Waals surface area contributed by atoms with Gasteiger partial charge in [-0.15, -0.1) is 0 Å². The van der Waals surface area contributed by atoms with Crippen LogP contribution in [0.3, 0.4) is 0 Å². The Morgan fingerprint density at radius 2 is 2.17 bits per heavy atom. The topological polar surface area (TPSA) is 79.5 Å². The van der Waals surface area contributed by atoms with Crippen molar-refractivity contribution >= 4 is 17.2 Å². The zero-order valence-corrected chi connectivity index (χ0v) is 12.5. The van der Waals surface area contributed by atoms with Crippen molar-refractivity contribution in [3.05, 3.63) is 70.9 Å². The summed E-state index contributed by atoms with van der Waals surface area (Å²) in [4.78, 5) is 15.2. The van der Waals surface area contributed by atoms with Crippen LogP contribution in [0.5, 0.6) is 0 Å². The maximum absolute atomic E-state index is 12.4. The van der Waals surface area contributed by atoms with Gasteiger partial charge in [0.05, 0.1) is 17.7 Å². The minimum Gasteiger partial charge on any atom is -0.462 e. The molecule has 114 valence electrons. The Balaban J connectivity index is 2.24. The van der Waals surface area contributed by atoms with Crippen LogP contribution >= 0.6 is 0 Å². The minimum atomic E-state index is -0.370. The zero-order chi connectivity index (χ0) is 16.2. The number of benzene rings is 1. The second-order valence-electron chi connectivity index (χ2n) is 4.87. The number of aromatic nitrogens is 1. The molecule has 0 unspecified atom stereocenters. The van der Waals surface area contributed by atoms with E-state index in [1.807, 2.05) is 41.1 Å². The summed E-state index contributed by atoms with van der Waals surface area (Å²) in [5.74, 6) is -0.370. The van der Waals surface area contributed by atoms with Crippen molar-refractivity contribution in [2.24, 2.45) is 5.11 Å². The molecule has 3 rings (SSSR count). The van der Waals surface area contributed by atoms with Gasteiger partial charge in [0.1, 0.15) is 0 Å². The maximum atomic E-state index is 12.4. The summed E-state index contributed by atoms with van der Waals surface area (Å²) in [5.41, 5.74) is 11.9. The Bertz CT molecular complexity index is 923. The Labute approximate surface area is 132 Å². The van der Waals surface area contributed by atoms with Crippen LogP contribution in [0.4, 0.5) is 5.69 Å². The van der Waals surface area contributed by atoms with Gasteiger partial charge >= 0.3 is 5.97 Å². The molecule has 0 fully saturated rings. The molecule has 0 N–H and O–H groups in total. The summed E-state index contributed by atoms with van der Waals surface area (Å²) in [5, 5.41) is 3.62. The lowest BCUT2D eigenvalue weighted by Gasteiger charge is -2.05. The second kappa shape index (κ2) is 6.25. The Kier molecular flexibility index (Phi) is 3.99. The van der Waals surface area contributed by atoms with E-state index in [0.717, 1.165) is 16.6 Å². The Hall–Kier alpha value is -3.24. The lowest BCUT2D eigenvalue weighted by Crippen LogP contribution is -2.05. The number of nitrogens with zero attached hydrogens (tertiary/aromatic N) is 4. The number of azide groups is 1. The number of carbonyl (C=O) groups excluding carboxylic acids is 1. The highest BCUT2D eigenvalue weighted by atomic mass is 16.5. The predicted molar refractivity (Wildman–Crippen MR) is 87.6 cm³/mol. The molecule has 2 aromatic heterocycles. The molecule has 1 aromatic carbocycles. The smallest absolute Gasteiger partial charge is 0.340 e. The fourth-order valence-corrected chi connectivity index (χ4v) is 2.55. The lowest BCUT2D eigenvalue weighted by atomic mass is 10.0. The van der Waals surface area contributed by atoms with Gasteiger partial charge in [-0.2, -0.15) is 0 Å². The number of fused-ring (bicyclic) bond motifs is 1. The molecule has 3 aromatic rings.